The van der Waals surface area contributed by atoms with Gasteiger partial charge in [-0.2, -0.15) is 0 Å². The summed E-state index contributed by atoms with van der Waals surface area (Å²) in [7, 11) is 0. The second-order valence-corrected chi connectivity index (χ2v) is 10.9. The fourth-order valence-electron chi connectivity index (χ4n) is 5.95. The predicted molar refractivity (Wildman–Crippen MR) is 165 cm³/mol. The fourth-order valence-corrected chi connectivity index (χ4v) is 5.95. The van der Waals surface area contributed by atoms with Crippen LogP contribution in [0.5, 0.6) is 5.75 Å². The van der Waals surface area contributed by atoms with E-state index in [4.69, 9.17) is 4.74 Å². The molecule has 2 N–H and O–H groups in total. The van der Waals surface area contributed by atoms with E-state index in [0.717, 1.165) is 43.4 Å². The zero-order valence-corrected chi connectivity index (χ0v) is 24.1. The van der Waals surface area contributed by atoms with Gasteiger partial charge in [-0.15, -0.1) is 0 Å². The molecule has 0 saturated heterocycles. The number of rotatable bonds is 13. The Morgan fingerprint density at radius 3 is 2.07 bits per heavy atom. The smallest absolute Gasteiger partial charge is 0.211 e. The third-order valence-corrected chi connectivity index (χ3v) is 8.19. The number of nitrogens with one attached hydrogen (secondary N) is 1. The lowest BCUT2D eigenvalue weighted by atomic mass is 9.97. The molecule has 41 heavy (non-hydrogen) atoms. The second kappa shape index (κ2) is 13.6. The third-order valence-electron chi connectivity index (χ3n) is 8.19. The summed E-state index contributed by atoms with van der Waals surface area (Å²) in [6.45, 7) is 6.10. The highest BCUT2D eigenvalue weighted by Crippen LogP contribution is 2.33. The molecule has 0 heterocycles. The summed E-state index contributed by atoms with van der Waals surface area (Å²) in [6, 6.07) is 31.1. The number of carbonyl (C=O) groups excluding carboxylic acids is 1. The van der Waals surface area contributed by atoms with E-state index in [0.29, 0.717) is 37.0 Å². The molecule has 0 aliphatic heterocycles. The molecule has 0 aromatic heterocycles. The molecule has 0 saturated carbocycles. The number of aliphatic hydroxyl groups is 1. The summed E-state index contributed by atoms with van der Waals surface area (Å²) in [6.07, 6.45) is 3.99. The van der Waals surface area contributed by atoms with Crippen LogP contribution in [0.4, 0.5) is 5.69 Å². The molecule has 5 heteroatoms. The van der Waals surface area contributed by atoms with Crippen molar-refractivity contribution in [1.82, 2.24) is 4.90 Å². The SMILES string of the molecule is CCc1cc2c(cc1CC)CC(N(Cc1ccccc1)C[C@H](O)c1ccc(OCc3ccccc3)c(NC=O)c1)C2. The van der Waals surface area contributed by atoms with Gasteiger partial charge in [0.05, 0.1) is 11.8 Å². The molecule has 0 fully saturated rings. The highest BCUT2D eigenvalue weighted by atomic mass is 16.5. The molecule has 4 aromatic carbocycles. The maximum Gasteiger partial charge on any atom is 0.211 e. The standard InChI is InChI=1S/C36H40N2O3/c1-3-28-17-31-19-33(20-32(31)18-29(28)4-2)38(22-26-11-7-5-8-12-26)23-35(40)30-15-16-36(34(21-30)37-25-39)41-24-27-13-9-6-10-14-27/h5-18,21,25,33,35,40H,3-4,19-20,22-24H2,1-2H3,(H,37,39)/t35-/m0/s1. The number of hydrogen-bond donors (Lipinski definition) is 2. The van der Waals surface area contributed by atoms with Gasteiger partial charge in [-0.05, 0) is 76.8 Å². The lowest BCUT2D eigenvalue weighted by Crippen LogP contribution is -2.38. The van der Waals surface area contributed by atoms with Crippen LogP contribution in [0.2, 0.25) is 0 Å². The number of aryl methyl sites for hydroxylation is 2. The Hall–Kier alpha value is -3.93. The summed E-state index contributed by atoms with van der Waals surface area (Å²) in [4.78, 5) is 13.8. The van der Waals surface area contributed by atoms with Gasteiger partial charge >= 0.3 is 0 Å². The number of carbonyl (C=O) groups is 1. The summed E-state index contributed by atoms with van der Waals surface area (Å²) >= 11 is 0. The van der Waals surface area contributed by atoms with Crippen LogP contribution < -0.4 is 10.1 Å². The molecule has 1 aliphatic rings. The predicted octanol–water partition coefficient (Wildman–Crippen LogP) is 6.66. The van der Waals surface area contributed by atoms with Crippen LogP contribution >= 0.6 is 0 Å². The summed E-state index contributed by atoms with van der Waals surface area (Å²) < 4.78 is 6.01. The number of anilines is 1. The van der Waals surface area contributed by atoms with Crippen LogP contribution in [0.1, 0.15) is 58.9 Å². The van der Waals surface area contributed by atoms with E-state index in [1.54, 1.807) is 0 Å². The fraction of sp³-hybridized carbons (Fsp3) is 0.306. The second-order valence-electron chi connectivity index (χ2n) is 10.9. The minimum Gasteiger partial charge on any atom is -0.487 e. The van der Waals surface area contributed by atoms with Gasteiger partial charge in [0.15, 0.2) is 0 Å². The van der Waals surface area contributed by atoms with Crippen molar-refractivity contribution in [1.29, 1.82) is 0 Å². The minimum atomic E-state index is -0.727. The van der Waals surface area contributed by atoms with Gasteiger partial charge in [0.2, 0.25) is 6.41 Å². The van der Waals surface area contributed by atoms with E-state index in [2.05, 4.69) is 60.5 Å². The summed E-state index contributed by atoms with van der Waals surface area (Å²) in [5.41, 5.74) is 9.35. The lowest BCUT2D eigenvalue weighted by Gasteiger charge is -2.31. The lowest BCUT2D eigenvalue weighted by molar-refractivity contribution is -0.105. The van der Waals surface area contributed by atoms with Gasteiger partial charge in [0.25, 0.3) is 0 Å². The minimum absolute atomic E-state index is 0.303. The van der Waals surface area contributed by atoms with Crippen LogP contribution in [-0.4, -0.2) is 29.0 Å². The largest absolute Gasteiger partial charge is 0.487 e. The normalized spacial score (nSPS) is 13.7. The number of aliphatic hydroxyl groups excluding tert-OH is 1. The van der Waals surface area contributed by atoms with Gasteiger partial charge < -0.3 is 15.2 Å². The van der Waals surface area contributed by atoms with E-state index >= 15 is 0 Å². The molecule has 1 aliphatic carbocycles. The van der Waals surface area contributed by atoms with Crippen LogP contribution in [0.25, 0.3) is 0 Å². The van der Waals surface area contributed by atoms with E-state index in [1.165, 1.54) is 27.8 Å². The van der Waals surface area contributed by atoms with Crippen LogP contribution in [0.3, 0.4) is 0 Å². The average Bonchev–Trinajstić information content (AvgIpc) is 3.43. The molecule has 5 rings (SSSR count). The number of nitrogens with zero attached hydrogens (tertiary/aromatic N) is 1. The molecule has 1 amide bonds. The van der Waals surface area contributed by atoms with Gasteiger partial charge in [0.1, 0.15) is 12.4 Å². The first kappa shape index (κ1) is 28.6. The highest BCUT2D eigenvalue weighted by molar-refractivity contribution is 5.76. The monoisotopic (exact) mass is 548 g/mol. The molecule has 0 radical (unpaired) electrons. The third kappa shape index (κ3) is 7.05. The number of benzene rings is 4. The molecule has 4 aromatic rings. The molecule has 0 spiro atoms. The Labute approximate surface area is 243 Å². The number of hydrogen-bond acceptors (Lipinski definition) is 4. The molecule has 1 atom stereocenters. The van der Waals surface area contributed by atoms with Crippen molar-refractivity contribution >= 4 is 12.1 Å². The van der Waals surface area contributed by atoms with E-state index < -0.39 is 6.10 Å². The summed E-state index contributed by atoms with van der Waals surface area (Å²) in [5, 5.41) is 14.3. The Bertz CT molecular complexity index is 1410. The van der Waals surface area contributed by atoms with Crippen molar-refractivity contribution < 1.29 is 14.6 Å². The van der Waals surface area contributed by atoms with E-state index in [-0.39, 0.29) is 0 Å². The first-order chi connectivity index (χ1) is 20.1. The maximum atomic E-state index is 11.5. The van der Waals surface area contributed by atoms with Crippen molar-refractivity contribution in [2.24, 2.45) is 0 Å². The molecular weight excluding hydrogens is 508 g/mol. The van der Waals surface area contributed by atoms with Crippen molar-refractivity contribution in [2.45, 2.75) is 64.8 Å². The molecule has 5 nitrogen and oxygen atoms in total. The number of ether oxygens (including phenoxy) is 1. The first-order valence-corrected chi connectivity index (χ1v) is 14.7. The van der Waals surface area contributed by atoms with Crippen molar-refractivity contribution in [3.05, 3.63) is 130 Å². The first-order valence-electron chi connectivity index (χ1n) is 14.7. The van der Waals surface area contributed by atoms with E-state index in [1.807, 2.05) is 54.6 Å². The molecule has 212 valence electrons. The number of amides is 1. The average molecular weight is 549 g/mol. The van der Waals surface area contributed by atoms with Crippen molar-refractivity contribution in [3.8, 4) is 5.75 Å². The van der Waals surface area contributed by atoms with Crippen LogP contribution in [0, 0.1) is 0 Å². The van der Waals surface area contributed by atoms with Crippen LogP contribution in [0.15, 0.2) is 91.0 Å². The van der Waals surface area contributed by atoms with Gasteiger partial charge in [-0.25, -0.2) is 0 Å². The zero-order valence-electron chi connectivity index (χ0n) is 24.1. The topological polar surface area (TPSA) is 61.8 Å². The van der Waals surface area contributed by atoms with E-state index in [9.17, 15) is 9.90 Å². The Morgan fingerprint density at radius 1 is 0.878 bits per heavy atom. The Morgan fingerprint density at radius 2 is 1.49 bits per heavy atom. The van der Waals surface area contributed by atoms with Gasteiger partial charge in [-0.1, -0.05) is 92.7 Å². The highest BCUT2D eigenvalue weighted by Gasteiger charge is 2.29. The van der Waals surface area contributed by atoms with Crippen LogP contribution in [-0.2, 0) is 43.6 Å². The van der Waals surface area contributed by atoms with Crippen molar-refractivity contribution in [3.63, 3.8) is 0 Å². The Kier molecular flexibility index (Phi) is 9.50. The zero-order chi connectivity index (χ0) is 28.6. The van der Waals surface area contributed by atoms with Gasteiger partial charge in [0, 0.05) is 19.1 Å². The molecule has 0 unspecified atom stereocenters. The van der Waals surface area contributed by atoms with Crippen molar-refractivity contribution in [2.75, 3.05) is 11.9 Å². The number of fused-ring (bicyclic) bond motifs is 1. The summed E-state index contributed by atoms with van der Waals surface area (Å²) in [5.74, 6) is 0.572. The maximum absolute atomic E-state index is 11.5. The Balaban J connectivity index is 1.35. The van der Waals surface area contributed by atoms with Gasteiger partial charge in [-0.3, -0.25) is 9.69 Å². The molecular formula is C36H40N2O3. The molecule has 0 bridgehead atoms. The quantitative estimate of drug-likeness (QED) is 0.183.